The first-order valence-corrected chi connectivity index (χ1v) is 11.6. The molecule has 0 amide bonds. The maximum Gasteiger partial charge on any atom is 0.325 e. The van der Waals surface area contributed by atoms with E-state index in [-0.39, 0.29) is 12.7 Å². The molecule has 0 radical (unpaired) electrons. The number of carbonyl (C=O) groups is 2. The van der Waals surface area contributed by atoms with E-state index >= 15 is 0 Å². The van der Waals surface area contributed by atoms with Gasteiger partial charge in [-0.2, -0.15) is 0 Å². The Labute approximate surface area is 183 Å². The van der Waals surface area contributed by atoms with E-state index < -0.39 is 28.3 Å². The zero-order chi connectivity index (χ0) is 23.2. The fourth-order valence-electron chi connectivity index (χ4n) is 4.40. The molecule has 1 aromatic carbocycles. The molecule has 2 aliphatic heterocycles. The maximum atomic E-state index is 12.8. The number of esters is 2. The van der Waals surface area contributed by atoms with Crippen LogP contribution < -0.4 is 0 Å². The second-order valence-corrected chi connectivity index (χ2v) is 9.36. The fraction of sp³-hybridized carbons (Fsp3) is 0.619. The molecular weight excluding hydrogens is 426 g/mol. The summed E-state index contributed by atoms with van der Waals surface area (Å²) in [5.74, 6) is -2.02. The summed E-state index contributed by atoms with van der Waals surface area (Å²) in [5, 5.41) is 0. The Morgan fingerprint density at radius 3 is 2.06 bits per heavy atom. The SMILES string of the molecule is CCOC(=O)C(C(=O)OC1C[C@H]2CC[C@@H](C1)[N+]2(C)C)c1ccccc1.COS(=O)(=O)[O-]. The minimum atomic E-state index is -4.41. The van der Waals surface area contributed by atoms with Crippen molar-refractivity contribution in [2.75, 3.05) is 27.8 Å². The minimum Gasteiger partial charge on any atom is -0.726 e. The second kappa shape index (κ2) is 10.5. The largest absolute Gasteiger partial charge is 0.726 e. The van der Waals surface area contributed by atoms with Gasteiger partial charge in [0.25, 0.3) is 0 Å². The van der Waals surface area contributed by atoms with E-state index in [1.807, 2.05) is 18.2 Å². The minimum absolute atomic E-state index is 0.100. The van der Waals surface area contributed by atoms with Crippen LogP contribution in [0.3, 0.4) is 0 Å². The van der Waals surface area contributed by atoms with Gasteiger partial charge in [0, 0.05) is 25.7 Å². The van der Waals surface area contributed by atoms with E-state index in [0.717, 1.165) is 24.4 Å². The Hall–Kier alpha value is -2.01. The van der Waals surface area contributed by atoms with Crippen LogP contribution in [0.15, 0.2) is 30.3 Å². The van der Waals surface area contributed by atoms with Gasteiger partial charge in [-0.25, -0.2) is 8.42 Å². The second-order valence-electron chi connectivity index (χ2n) is 8.22. The van der Waals surface area contributed by atoms with Crippen LogP contribution in [0.2, 0.25) is 0 Å². The van der Waals surface area contributed by atoms with E-state index in [1.165, 1.54) is 12.8 Å². The van der Waals surface area contributed by atoms with Gasteiger partial charge < -0.3 is 18.5 Å². The number of hydrogen-bond acceptors (Lipinski definition) is 8. The smallest absolute Gasteiger partial charge is 0.325 e. The van der Waals surface area contributed by atoms with Crippen LogP contribution in [0, 0.1) is 0 Å². The molecule has 0 saturated carbocycles. The van der Waals surface area contributed by atoms with Crippen LogP contribution in [0.25, 0.3) is 0 Å². The number of benzene rings is 1. The summed E-state index contributed by atoms with van der Waals surface area (Å²) in [6.07, 6.45) is 4.02. The van der Waals surface area contributed by atoms with Crippen LogP contribution >= 0.6 is 0 Å². The van der Waals surface area contributed by atoms with Gasteiger partial charge in [-0.3, -0.25) is 13.8 Å². The van der Waals surface area contributed by atoms with Crippen molar-refractivity contribution >= 4 is 22.3 Å². The normalized spacial score (nSPS) is 25.0. The summed E-state index contributed by atoms with van der Waals surface area (Å²) in [6.45, 7) is 1.98. The predicted molar refractivity (Wildman–Crippen MR) is 111 cm³/mol. The fourth-order valence-corrected chi connectivity index (χ4v) is 4.40. The number of piperidine rings is 1. The van der Waals surface area contributed by atoms with Crippen LogP contribution in [-0.2, 0) is 33.6 Å². The number of quaternary nitrogens is 1. The van der Waals surface area contributed by atoms with Crippen LogP contribution in [0.5, 0.6) is 0 Å². The van der Waals surface area contributed by atoms with Gasteiger partial charge >= 0.3 is 11.9 Å². The quantitative estimate of drug-likeness (QED) is 0.208. The van der Waals surface area contributed by atoms with Crippen molar-refractivity contribution in [3.63, 3.8) is 0 Å². The lowest BCUT2D eigenvalue weighted by Gasteiger charge is -2.43. The standard InChI is InChI=1S/C20H28NO4.CH4O4S/c1-4-24-19(22)18(14-8-6-5-7-9-14)20(23)25-17-12-15-10-11-16(13-17)21(15,2)3;1-5-6(2,3)4/h5-9,15-18H,4,10-13H2,1-3H3;1H3,(H,2,3,4)/q+1;/p-1/t15-,16+,17?,18?;. The molecule has 2 fully saturated rings. The van der Waals surface area contributed by atoms with Crippen LogP contribution in [-0.4, -0.2) is 75.4 Å². The summed E-state index contributed by atoms with van der Waals surface area (Å²) in [5.41, 5.74) is 0.626. The average molecular weight is 458 g/mol. The number of carbonyl (C=O) groups excluding carboxylic acids is 2. The first-order chi connectivity index (χ1) is 14.5. The lowest BCUT2D eigenvalue weighted by Crippen LogP contribution is -2.56. The van der Waals surface area contributed by atoms with E-state index in [9.17, 15) is 22.6 Å². The third-order valence-electron chi connectivity index (χ3n) is 6.16. The van der Waals surface area contributed by atoms with E-state index in [4.69, 9.17) is 9.47 Å². The Morgan fingerprint density at radius 2 is 1.61 bits per heavy atom. The molecule has 2 unspecified atom stereocenters. The summed E-state index contributed by atoms with van der Waals surface area (Å²) in [7, 11) is 0.935. The lowest BCUT2D eigenvalue weighted by atomic mass is 9.96. The highest BCUT2D eigenvalue weighted by Gasteiger charge is 2.50. The van der Waals surface area contributed by atoms with Gasteiger partial charge in [0.15, 0.2) is 5.92 Å². The molecular formula is C21H31NO8S. The third-order valence-corrected chi connectivity index (χ3v) is 6.57. The van der Waals surface area contributed by atoms with E-state index in [2.05, 4.69) is 18.3 Å². The van der Waals surface area contributed by atoms with E-state index in [1.54, 1.807) is 19.1 Å². The van der Waals surface area contributed by atoms with Gasteiger partial charge in [-0.1, -0.05) is 30.3 Å². The molecule has 2 heterocycles. The van der Waals surface area contributed by atoms with Crippen molar-refractivity contribution in [3.8, 4) is 0 Å². The van der Waals surface area contributed by atoms with Crippen molar-refractivity contribution in [3.05, 3.63) is 35.9 Å². The third kappa shape index (κ3) is 6.73. The molecule has 2 saturated heterocycles. The molecule has 2 bridgehead atoms. The molecule has 2 aliphatic rings. The Bertz CT molecular complexity index is 839. The molecule has 10 heteroatoms. The van der Waals surface area contributed by atoms with Gasteiger partial charge in [0.05, 0.1) is 39.9 Å². The van der Waals surface area contributed by atoms with Crippen molar-refractivity contribution in [1.29, 1.82) is 0 Å². The van der Waals surface area contributed by atoms with Crippen molar-refractivity contribution in [1.82, 2.24) is 0 Å². The Morgan fingerprint density at radius 1 is 1.10 bits per heavy atom. The first-order valence-electron chi connectivity index (χ1n) is 10.3. The lowest BCUT2D eigenvalue weighted by molar-refractivity contribution is -0.931. The highest BCUT2D eigenvalue weighted by Crippen LogP contribution is 2.41. The summed E-state index contributed by atoms with van der Waals surface area (Å²) < 4.78 is 43.0. The zero-order valence-corrected chi connectivity index (χ0v) is 19.2. The molecule has 9 nitrogen and oxygen atoms in total. The molecule has 3 rings (SSSR count). The molecule has 0 aliphatic carbocycles. The maximum absolute atomic E-state index is 12.8. The number of hydrogen-bond donors (Lipinski definition) is 0. The number of rotatable bonds is 6. The summed E-state index contributed by atoms with van der Waals surface area (Å²) >= 11 is 0. The van der Waals surface area contributed by atoms with Gasteiger partial charge in [-0.05, 0) is 12.5 Å². The molecule has 1 aromatic rings. The van der Waals surface area contributed by atoms with Crippen LogP contribution in [0.1, 0.15) is 44.1 Å². The molecule has 0 N–H and O–H groups in total. The number of ether oxygens (including phenoxy) is 2. The molecule has 0 aromatic heterocycles. The molecule has 0 spiro atoms. The van der Waals surface area contributed by atoms with Crippen molar-refractivity contribution < 1.29 is 40.7 Å². The molecule has 31 heavy (non-hydrogen) atoms. The summed E-state index contributed by atoms with van der Waals surface area (Å²) in [6, 6.07) is 10.1. The number of fused-ring (bicyclic) bond motifs is 2. The number of nitrogens with zero attached hydrogens (tertiary/aromatic N) is 1. The average Bonchev–Trinajstić information content (AvgIpc) is 2.86. The highest BCUT2D eigenvalue weighted by molar-refractivity contribution is 7.80. The van der Waals surface area contributed by atoms with E-state index in [0.29, 0.717) is 17.6 Å². The molecule has 174 valence electrons. The Kier molecular flexibility index (Phi) is 8.58. The van der Waals surface area contributed by atoms with Crippen molar-refractivity contribution in [2.45, 2.75) is 56.7 Å². The van der Waals surface area contributed by atoms with Gasteiger partial charge in [0.1, 0.15) is 6.10 Å². The van der Waals surface area contributed by atoms with Crippen LogP contribution in [0.4, 0.5) is 0 Å². The predicted octanol–water partition coefficient (Wildman–Crippen LogP) is 1.74. The highest BCUT2D eigenvalue weighted by atomic mass is 32.3. The monoisotopic (exact) mass is 457 g/mol. The van der Waals surface area contributed by atoms with Gasteiger partial charge in [-0.15, -0.1) is 0 Å². The summed E-state index contributed by atoms with van der Waals surface area (Å²) in [4.78, 5) is 25.1. The zero-order valence-electron chi connectivity index (χ0n) is 18.4. The first kappa shape index (κ1) is 25.3. The van der Waals surface area contributed by atoms with Gasteiger partial charge in [0.2, 0.25) is 10.4 Å². The topological polar surface area (TPSA) is 119 Å². The Balaban J connectivity index is 0.000000501. The van der Waals surface area contributed by atoms with Crippen molar-refractivity contribution in [2.24, 2.45) is 0 Å². The molecule has 4 atom stereocenters.